The Bertz CT molecular complexity index is 1010. The van der Waals surface area contributed by atoms with Gasteiger partial charge in [-0.15, -0.1) is 0 Å². The SMILES string of the molecule is CCOC(=O)N1c2cc(C)c(C)cc2N(C(=O)c2ccc(N3CCOCC3)cc2)CC1CC. The van der Waals surface area contributed by atoms with Crippen molar-refractivity contribution in [3.63, 3.8) is 0 Å². The molecule has 0 aromatic heterocycles. The largest absolute Gasteiger partial charge is 0.449 e. The van der Waals surface area contributed by atoms with E-state index in [1.807, 2.05) is 62.1 Å². The molecule has 2 amide bonds. The Balaban J connectivity index is 1.68. The van der Waals surface area contributed by atoms with Crippen LogP contribution in [0.2, 0.25) is 0 Å². The standard InChI is InChI=1S/C26H33N3O4/c1-5-21-17-28(23-15-18(3)19(4)16-24(23)29(21)26(31)33-6-2)25(30)20-7-9-22(10-8-20)27-11-13-32-14-12-27/h7-10,15-16,21H,5-6,11-14,17H2,1-4H3. The second kappa shape index (κ2) is 9.83. The maximum atomic E-state index is 13.7. The third kappa shape index (κ3) is 4.55. The lowest BCUT2D eigenvalue weighted by Crippen LogP contribution is -2.53. The quantitative estimate of drug-likeness (QED) is 0.683. The molecule has 2 aromatic rings. The van der Waals surface area contributed by atoms with Crippen LogP contribution in [-0.4, -0.2) is 57.5 Å². The average molecular weight is 452 g/mol. The number of fused-ring (bicyclic) bond motifs is 1. The number of ether oxygens (including phenoxy) is 2. The van der Waals surface area contributed by atoms with Crippen LogP contribution in [0.1, 0.15) is 41.8 Å². The molecule has 1 unspecified atom stereocenters. The first kappa shape index (κ1) is 23.1. The number of carbonyl (C=O) groups is 2. The van der Waals surface area contributed by atoms with E-state index in [0.717, 1.165) is 54.5 Å². The van der Waals surface area contributed by atoms with Crippen molar-refractivity contribution in [2.75, 3.05) is 54.2 Å². The van der Waals surface area contributed by atoms with Gasteiger partial charge in [-0.3, -0.25) is 9.69 Å². The summed E-state index contributed by atoms with van der Waals surface area (Å²) in [4.78, 5) is 32.3. The van der Waals surface area contributed by atoms with Crippen molar-refractivity contribution in [3.05, 3.63) is 53.1 Å². The minimum atomic E-state index is -0.365. The van der Waals surface area contributed by atoms with Crippen molar-refractivity contribution >= 4 is 29.1 Å². The monoisotopic (exact) mass is 451 g/mol. The summed E-state index contributed by atoms with van der Waals surface area (Å²) in [6.45, 7) is 11.8. The molecule has 7 heteroatoms. The van der Waals surface area contributed by atoms with E-state index in [-0.39, 0.29) is 18.0 Å². The van der Waals surface area contributed by atoms with Gasteiger partial charge < -0.3 is 19.3 Å². The van der Waals surface area contributed by atoms with Gasteiger partial charge in [0.05, 0.1) is 37.2 Å². The molecule has 2 aromatic carbocycles. The van der Waals surface area contributed by atoms with Crippen LogP contribution in [0.3, 0.4) is 0 Å². The van der Waals surface area contributed by atoms with Gasteiger partial charge in [0, 0.05) is 30.9 Å². The zero-order valence-corrected chi connectivity index (χ0v) is 20.0. The van der Waals surface area contributed by atoms with E-state index in [9.17, 15) is 9.59 Å². The first-order valence-electron chi connectivity index (χ1n) is 11.8. The van der Waals surface area contributed by atoms with E-state index in [1.54, 1.807) is 11.8 Å². The lowest BCUT2D eigenvalue weighted by atomic mass is 9.99. The van der Waals surface area contributed by atoms with Crippen LogP contribution < -0.4 is 14.7 Å². The van der Waals surface area contributed by atoms with Crippen molar-refractivity contribution in [2.24, 2.45) is 0 Å². The second-order valence-corrected chi connectivity index (χ2v) is 8.62. The Morgan fingerprint density at radius 3 is 2.24 bits per heavy atom. The van der Waals surface area contributed by atoms with Gasteiger partial charge in [-0.05, 0) is 74.7 Å². The van der Waals surface area contributed by atoms with Gasteiger partial charge in [-0.2, -0.15) is 0 Å². The molecule has 0 N–H and O–H groups in total. The Labute approximate surface area is 195 Å². The van der Waals surface area contributed by atoms with Crippen LogP contribution in [0.4, 0.5) is 21.9 Å². The lowest BCUT2D eigenvalue weighted by Gasteiger charge is -2.42. The summed E-state index contributed by atoms with van der Waals surface area (Å²) in [6, 6.07) is 11.6. The molecule has 1 fully saturated rings. The van der Waals surface area contributed by atoms with E-state index in [2.05, 4.69) is 4.90 Å². The molecule has 2 aliphatic rings. The fraction of sp³-hybridized carbons (Fsp3) is 0.462. The third-order valence-corrected chi connectivity index (χ3v) is 6.57. The Kier molecular flexibility index (Phi) is 6.88. The summed E-state index contributed by atoms with van der Waals surface area (Å²) in [5, 5.41) is 0. The minimum Gasteiger partial charge on any atom is -0.449 e. The highest BCUT2D eigenvalue weighted by Crippen LogP contribution is 2.39. The Morgan fingerprint density at radius 2 is 1.64 bits per heavy atom. The number of morpholine rings is 1. The number of aryl methyl sites for hydroxylation is 2. The number of carbonyl (C=O) groups excluding carboxylic acids is 2. The van der Waals surface area contributed by atoms with E-state index in [4.69, 9.17) is 9.47 Å². The van der Waals surface area contributed by atoms with Crippen LogP contribution in [0.5, 0.6) is 0 Å². The maximum Gasteiger partial charge on any atom is 0.414 e. The van der Waals surface area contributed by atoms with Gasteiger partial charge in [0.25, 0.3) is 5.91 Å². The highest BCUT2D eigenvalue weighted by molar-refractivity contribution is 6.10. The van der Waals surface area contributed by atoms with Gasteiger partial charge in [-0.25, -0.2) is 4.79 Å². The first-order valence-corrected chi connectivity index (χ1v) is 11.8. The molecule has 0 spiro atoms. The van der Waals surface area contributed by atoms with Crippen molar-refractivity contribution in [1.29, 1.82) is 0 Å². The summed E-state index contributed by atoms with van der Waals surface area (Å²) in [7, 11) is 0. The van der Waals surface area contributed by atoms with Crippen molar-refractivity contribution in [1.82, 2.24) is 0 Å². The van der Waals surface area contributed by atoms with E-state index in [0.29, 0.717) is 25.1 Å². The highest BCUT2D eigenvalue weighted by atomic mass is 16.6. The van der Waals surface area contributed by atoms with Crippen molar-refractivity contribution in [2.45, 2.75) is 40.2 Å². The van der Waals surface area contributed by atoms with Crippen molar-refractivity contribution in [3.8, 4) is 0 Å². The van der Waals surface area contributed by atoms with E-state index >= 15 is 0 Å². The molecule has 2 aliphatic heterocycles. The summed E-state index contributed by atoms with van der Waals surface area (Å²) >= 11 is 0. The van der Waals surface area contributed by atoms with Gasteiger partial charge in [-0.1, -0.05) is 6.92 Å². The van der Waals surface area contributed by atoms with Gasteiger partial charge in [0.2, 0.25) is 0 Å². The molecule has 4 rings (SSSR count). The topological polar surface area (TPSA) is 62.3 Å². The molecule has 7 nitrogen and oxygen atoms in total. The number of nitrogens with zero attached hydrogens (tertiary/aromatic N) is 3. The van der Waals surface area contributed by atoms with Crippen LogP contribution in [0.15, 0.2) is 36.4 Å². The zero-order chi connectivity index (χ0) is 23.5. The molecule has 0 bridgehead atoms. The maximum absolute atomic E-state index is 13.7. The number of hydrogen-bond donors (Lipinski definition) is 0. The molecule has 2 heterocycles. The van der Waals surface area contributed by atoms with Crippen LogP contribution >= 0.6 is 0 Å². The Morgan fingerprint density at radius 1 is 1.00 bits per heavy atom. The first-order chi connectivity index (χ1) is 15.9. The lowest BCUT2D eigenvalue weighted by molar-refractivity contribution is 0.0981. The smallest absolute Gasteiger partial charge is 0.414 e. The molecule has 0 saturated carbocycles. The summed E-state index contributed by atoms with van der Waals surface area (Å²) in [5.74, 6) is -0.0602. The number of rotatable bonds is 4. The third-order valence-electron chi connectivity index (χ3n) is 6.57. The van der Waals surface area contributed by atoms with Crippen LogP contribution in [0, 0.1) is 13.8 Å². The number of benzene rings is 2. The van der Waals surface area contributed by atoms with Gasteiger partial charge in [0.1, 0.15) is 0 Å². The zero-order valence-electron chi connectivity index (χ0n) is 20.0. The average Bonchev–Trinajstić information content (AvgIpc) is 2.84. The van der Waals surface area contributed by atoms with E-state index in [1.165, 1.54) is 0 Å². The molecule has 1 saturated heterocycles. The predicted octanol–water partition coefficient (Wildman–Crippen LogP) is 4.54. The van der Waals surface area contributed by atoms with Gasteiger partial charge >= 0.3 is 6.09 Å². The molecule has 176 valence electrons. The molecule has 0 aliphatic carbocycles. The summed E-state index contributed by atoms with van der Waals surface area (Å²) < 4.78 is 10.8. The predicted molar refractivity (Wildman–Crippen MR) is 131 cm³/mol. The second-order valence-electron chi connectivity index (χ2n) is 8.62. The fourth-order valence-electron chi connectivity index (χ4n) is 4.52. The fourth-order valence-corrected chi connectivity index (χ4v) is 4.52. The molecular weight excluding hydrogens is 418 g/mol. The number of anilines is 3. The molecular formula is C26H33N3O4. The highest BCUT2D eigenvalue weighted by Gasteiger charge is 2.37. The summed E-state index contributed by atoms with van der Waals surface area (Å²) in [5.41, 5.74) is 5.36. The number of amides is 2. The summed E-state index contributed by atoms with van der Waals surface area (Å²) in [6.07, 6.45) is 0.348. The van der Waals surface area contributed by atoms with Crippen LogP contribution in [0.25, 0.3) is 0 Å². The van der Waals surface area contributed by atoms with Gasteiger partial charge in [0.15, 0.2) is 0 Å². The minimum absolute atomic E-state index is 0.0602. The normalized spacial score (nSPS) is 18.2. The van der Waals surface area contributed by atoms with E-state index < -0.39 is 0 Å². The molecule has 33 heavy (non-hydrogen) atoms. The molecule has 0 radical (unpaired) electrons. The van der Waals surface area contributed by atoms with Crippen molar-refractivity contribution < 1.29 is 19.1 Å². The molecule has 1 atom stereocenters. The Hall–Kier alpha value is -3.06. The number of hydrogen-bond acceptors (Lipinski definition) is 5. The van der Waals surface area contributed by atoms with Crippen LogP contribution in [-0.2, 0) is 9.47 Å².